The molecule has 0 spiro atoms. The fourth-order valence-corrected chi connectivity index (χ4v) is 2.29. The van der Waals surface area contributed by atoms with Crippen LogP contribution in [-0.4, -0.2) is 31.1 Å². The molecule has 0 fully saturated rings. The molecule has 2 rings (SSSR count). The van der Waals surface area contributed by atoms with Crippen molar-refractivity contribution in [2.24, 2.45) is 4.99 Å². The number of fused-ring (bicyclic) bond motifs is 1. The number of guanidine groups is 1. The van der Waals surface area contributed by atoms with Crippen LogP contribution in [0.25, 0.3) is 10.9 Å². The zero-order valence-electron chi connectivity index (χ0n) is 12.8. The van der Waals surface area contributed by atoms with Crippen molar-refractivity contribution in [1.82, 2.24) is 15.6 Å². The van der Waals surface area contributed by atoms with Crippen molar-refractivity contribution in [3.05, 3.63) is 36.0 Å². The van der Waals surface area contributed by atoms with Gasteiger partial charge in [0.25, 0.3) is 0 Å². The lowest BCUT2D eigenvalue weighted by atomic mass is 10.1. The second-order valence-corrected chi connectivity index (χ2v) is 4.89. The lowest BCUT2D eigenvalue weighted by Gasteiger charge is -2.10. The van der Waals surface area contributed by atoms with Crippen molar-refractivity contribution < 1.29 is 0 Å². The average molecular weight is 400 g/mol. The molecule has 0 aliphatic heterocycles. The summed E-state index contributed by atoms with van der Waals surface area (Å²) in [5, 5.41) is 7.95. The molecule has 116 valence electrons. The number of aliphatic imine (C=N–C) groups is 1. The van der Waals surface area contributed by atoms with Crippen molar-refractivity contribution in [3.8, 4) is 0 Å². The summed E-state index contributed by atoms with van der Waals surface area (Å²) in [6.45, 7) is 4.04. The van der Waals surface area contributed by atoms with E-state index in [1.807, 2.05) is 7.05 Å². The lowest BCUT2D eigenvalue weighted by molar-refractivity contribution is 0.736. The van der Waals surface area contributed by atoms with Crippen LogP contribution in [-0.2, 0) is 6.42 Å². The standard InChI is InChI=1S/C16H24N4.HI/c1-3-10-18-16(17-2)19-11-6-7-13-12-20-15-9-5-4-8-14(13)15;/h4-5,8-9,12,20H,3,6-7,10-11H2,1-2H3,(H2,17,18,19);1H. The first-order valence-electron chi connectivity index (χ1n) is 7.34. The first kappa shape index (κ1) is 17.8. The van der Waals surface area contributed by atoms with E-state index < -0.39 is 0 Å². The number of nitrogens with one attached hydrogen (secondary N) is 3. The molecule has 0 aliphatic carbocycles. The SMILES string of the molecule is CCCNC(=NC)NCCCc1c[nH]c2ccccc12.I. The third kappa shape index (κ3) is 5.22. The first-order chi connectivity index (χ1) is 9.85. The number of aryl methyl sites for hydroxylation is 1. The maximum Gasteiger partial charge on any atom is 0.190 e. The quantitative estimate of drug-likeness (QED) is 0.302. The summed E-state index contributed by atoms with van der Waals surface area (Å²) in [4.78, 5) is 7.52. The molecule has 3 N–H and O–H groups in total. The summed E-state index contributed by atoms with van der Waals surface area (Å²) < 4.78 is 0. The van der Waals surface area contributed by atoms with Crippen molar-refractivity contribution in [2.75, 3.05) is 20.1 Å². The van der Waals surface area contributed by atoms with Crippen LogP contribution in [0.15, 0.2) is 35.5 Å². The zero-order valence-corrected chi connectivity index (χ0v) is 15.1. The van der Waals surface area contributed by atoms with Gasteiger partial charge in [-0.1, -0.05) is 25.1 Å². The third-order valence-corrected chi connectivity index (χ3v) is 3.36. The van der Waals surface area contributed by atoms with Crippen LogP contribution in [0.3, 0.4) is 0 Å². The van der Waals surface area contributed by atoms with E-state index in [2.05, 4.69) is 58.0 Å². The Balaban J connectivity index is 0.00000220. The number of hydrogen-bond acceptors (Lipinski definition) is 1. The number of para-hydroxylation sites is 1. The molecule has 0 unspecified atom stereocenters. The third-order valence-electron chi connectivity index (χ3n) is 3.36. The van der Waals surface area contributed by atoms with Gasteiger partial charge in [-0.3, -0.25) is 4.99 Å². The Morgan fingerprint density at radius 1 is 1.19 bits per heavy atom. The largest absolute Gasteiger partial charge is 0.361 e. The van der Waals surface area contributed by atoms with Gasteiger partial charge in [-0.15, -0.1) is 24.0 Å². The van der Waals surface area contributed by atoms with Gasteiger partial charge in [-0.2, -0.15) is 0 Å². The normalized spacial score (nSPS) is 11.2. The van der Waals surface area contributed by atoms with Crippen LogP contribution in [0.2, 0.25) is 0 Å². The molecule has 0 atom stereocenters. The Hall–Kier alpha value is -1.24. The lowest BCUT2D eigenvalue weighted by Crippen LogP contribution is -2.38. The topological polar surface area (TPSA) is 52.2 Å². The van der Waals surface area contributed by atoms with Crippen LogP contribution in [0.1, 0.15) is 25.3 Å². The van der Waals surface area contributed by atoms with E-state index in [0.29, 0.717) is 0 Å². The fourth-order valence-electron chi connectivity index (χ4n) is 2.29. The molecule has 1 aromatic carbocycles. The summed E-state index contributed by atoms with van der Waals surface area (Å²) in [7, 11) is 1.81. The number of hydrogen-bond donors (Lipinski definition) is 3. The minimum atomic E-state index is 0. The van der Waals surface area contributed by atoms with Crippen molar-refractivity contribution in [3.63, 3.8) is 0 Å². The summed E-state index contributed by atoms with van der Waals surface area (Å²) in [5.41, 5.74) is 2.61. The van der Waals surface area contributed by atoms with E-state index in [9.17, 15) is 0 Å². The zero-order chi connectivity index (χ0) is 14.2. The smallest absolute Gasteiger partial charge is 0.190 e. The average Bonchev–Trinajstić information content (AvgIpc) is 2.90. The number of rotatable bonds is 6. The molecule has 2 aromatic rings. The van der Waals surface area contributed by atoms with Gasteiger partial charge >= 0.3 is 0 Å². The van der Waals surface area contributed by atoms with Gasteiger partial charge in [0.1, 0.15) is 0 Å². The molecular weight excluding hydrogens is 375 g/mol. The molecule has 0 saturated heterocycles. The van der Waals surface area contributed by atoms with Crippen molar-refractivity contribution >= 4 is 40.8 Å². The summed E-state index contributed by atoms with van der Waals surface area (Å²) in [6.07, 6.45) is 5.39. The maximum absolute atomic E-state index is 4.20. The highest BCUT2D eigenvalue weighted by Gasteiger charge is 2.02. The monoisotopic (exact) mass is 400 g/mol. The van der Waals surface area contributed by atoms with Gasteiger partial charge in [-0.25, -0.2) is 0 Å². The molecule has 0 radical (unpaired) electrons. The number of H-pyrrole nitrogens is 1. The summed E-state index contributed by atoms with van der Waals surface area (Å²) in [6, 6.07) is 8.45. The highest BCUT2D eigenvalue weighted by atomic mass is 127. The van der Waals surface area contributed by atoms with E-state index in [0.717, 1.165) is 38.3 Å². The minimum absolute atomic E-state index is 0. The van der Waals surface area contributed by atoms with Crippen LogP contribution >= 0.6 is 24.0 Å². The second-order valence-electron chi connectivity index (χ2n) is 4.89. The van der Waals surface area contributed by atoms with Crippen LogP contribution in [0.4, 0.5) is 0 Å². The predicted molar refractivity (Wildman–Crippen MR) is 102 cm³/mol. The molecule has 5 heteroatoms. The summed E-state index contributed by atoms with van der Waals surface area (Å²) >= 11 is 0. The molecule has 0 aliphatic rings. The van der Waals surface area contributed by atoms with Crippen molar-refractivity contribution in [2.45, 2.75) is 26.2 Å². The maximum atomic E-state index is 4.20. The molecular formula is C16H25IN4. The second kappa shape index (κ2) is 9.65. The van der Waals surface area contributed by atoms with Gasteiger partial charge in [0.2, 0.25) is 0 Å². The number of aromatic nitrogens is 1. The molecule has 0 amide bonds. The van der Waals surface area contributed by atoms with E-state index >= 15 is 0 Å². The molecule has 21 heavy (non-hydrogen) atoms. The highest BCUT2D eigenvalue weighted by molar-refractivity contribution is 14.0. The van der Waals surface area contributed by atoms with Gasteiger partial charge in [0, 0.05) is 37.2 Å². The van der Waals surface area contributed by atoms with E-state index in [1.54, 1.807) is 0 Å². The number of benzene rings is 1. The summed E-state index contributed by atoms with van der Waals surface area (Å²) in [5.74, 6) is 0.894. The Labute approximate surface area is 143 Å². The van der Waals surface area contributed by atoms with Crippen LogP contribution in [0, 0.1) is 0 Å². The van der Waals surface area contributed by atoms with Crippen LogP contribution < -0.4 is 10.6 Å². The molecule has 1 aromatic heterocycles. The van der Waals surface area contributed by atoms with E-state index in [4.69, 9.17) is 0 Å². The van der Waals surface area contributed by atoms with E-state index in [1.165, 1.54) is 16.5 Å². The molecule has 1 heterocycles. The van der Waals surface area contributed by atoms with Gasteiger partial charge < -0.3 is 15.6 Å². The molecule has 0 saturated carbocycles. The molecule has 0 bridgehead atoms. The molecule has 4 nitrogen and oxygen atoms in total. The fraction of sp³-hybridized carbons (Fsp3) is 0.438. The van der Waals surface area contributed by atoms with Crippen molar-refractivity contribution in [1.29, 1.82) is 0 Å². The van der Waals surface area contributed by atoms with Crippen LogP contribution in [0.5, 0.6) is 0 Å². The Morgan fingerprint density at radius 3 is 2.71 bits per heavy atom. The highest BCUT2D eigenvalue weighted by Crippen LogP contribution is 2.18. The van der Waals surface area contributed by atoms with E-state index in [-0.39, 0.29) is 24.0 Å². The Bertz CT molecular complexity index is 562. The predicted octanol–water partition coefficient (Wildman–Crippen LogP) is 3.29. The number of nitrogens with zero attached hydrogens (tertiary/aromatic N) is 1. The van der Waals surface area contributed by atoms with Gasteiger partial charge in [0.05, 0.1) is 0 Å². The van der Waals surface area contributed by atoms with Gasteiger partial charge in [0.15, 0.2) is 5.96 Å². The number of aromatic amines is 1. The van der Waals surface area contributed by atoms with Gasteiger partial charge in [-0.05, 0) is 30.9 Å². The first-order valence-corrected chi connectivity index (χ1v) is 7.34. The minimum Gasteiger partial charge on any atom is -0.361 e. The Morgan fingerprint density at radius 2 is 1.95 bits per heavy atom. The Kier molecular flexibility index (Phi) is 8.19. The number of halogens is 1.